The Labute approximate surface area is 145 Å². The number of nitrogens with zero attached hydrogens (tertiary/aromatic N) is 2. The Bertz CT molecular complexity index is 1060. The highest BCUT2D eigenvalue weighted by atomic mass is 32.1. The zero-order valence-electron chi connectivity index (χ0n) is 13.0. The zero-order chi connectivity index (χ0) is 16.8. The van der Waals surface area contributed by atoms with Crippen LogP contribution in [0.3, 0.4) is 0 Å². The number of hydrogen-bond donors (Lipinski definition) is 1. The number of benzene rings is 1. The summed E-state index contributed by atoms with van der Waals surface area (Å²) in [6.45, 7) is 4.10. The van der Waals surface area contributed by atoms with Crippen molar-refractivity contribution >= 4 is 54.1 Å². The molecule has 0 bridgehead atoms. The molecule has 0 saturated heterocycles. The lowest BCUT2D eigenvalue weighted by atomic mass is 10.3. The SMILES string of the molecule is CC(C)n1c(C(=O)Nc2nc3ccc(F)cc3s2)cc2sccc21. The number of rotatable bonds is 3. The molecule has 0 spiro atoms. The first kappa shape index (κ1) is 15.3. The van der Waals surface area contributed by atoms with E-state index in [9.17, 15) is 9.18 Å². The molecule has 122 valence electrons. The van der Waals surface area contributed by atoms with Crippen molar-refractivity contribution in [3.8, 4) is 0 Å². The molecule has 0 atom stereocenters. The minimum Gasteiger partial charge on any atom is -0.333 e. The van der Waals surface area contributed by atoms with Gasteiger partial charge in [-0.05, 0) is 49.6 Å². The van der Waals surface area contributed by atoms with Crippen LogP contribution in [0.4, 0.5) is 9.52 Å². The summed E-state index contributed by atoms with van der Waals surface area (Å²) in [6, 6.07) is 8.51. The number of amides is 1. The Hall–Kier alpha value is -2.25. The van der Waals surface area contributed by atoms with Gasteiger partial charge in [0.1, 0.15) is 11.5 Å². The predicted molar refractivity (Wildman–Crippen MR) is 97.7 cm³/mol. The van der Waals surface area contributed by atoms with Crippen molar-refractivity contribution in [1.29, 1.82) is 0 Å². The van der Waals surface area contributed by atoms with Gasteiger partial charge in [-0.2, -0.15) is 0 Å². The fraction of sp³-hybridized carbons (Fsp3) is 0.176. The Morgan fingerprint density at radius 2 is 2.08 bits per heavy atom. The quantitative estimate of drug-likeness (QED) is 0.540. The van der Waals surface area contributed by atoms with Gasteiger partial charge in [0.15, 0.2) is 5.13 Å². The molecular formula is C17H14FN3OS2. The average molecular weight is 359 g/mol. The van der Waals surface area contributed by atoms with Crippen LogP contribution in [-0.2, 0) is 0 Å². The second kappa shape index (κ2) is 5.68. The number of thiophene rings is 1. The monoisotopic (exact) mass is 359 g/mol. The largest absolute Gasteiger partial charge is 0.333 e. The van der Waals surface area contributed by atoms with Crippen LogP contribution < -0.4 is 5.32 Å². The zero-order valence-corrected chi connectivity index (χ0v) is 14.7. The van der Waals surface area contributed by atoms with Crippen molar-refractivity contribution in [2.24, 2.45) is 0 Å². The highest BCUT2D eigenvalue weighted by Gasteiger charge is 2.19. The van der Waals surface area contributed by atoms with Gasteiger partial charge >= 0.3 is 0 Å². The van der Waals surface area contributed by atoms with E-state index < -0.39 is 0 Å². The van der Waals surface area contributed by atoms with Crippen molar-refractivity contribution in [3.63, 3.8) is 0 Å². The lowest BCUT2D eigenvalue weighted by Crippen LogP contribution is -2.18. The number of hydrogen-bond acceptors (Lipinski definition) is 4. The molecule has 3 heterocycles. The number of halogens is 1. The molecule has 1 aromatic carbocycles. The second-order valence-corrected chi connectivity index (χ2v) is 7.73. The maximum Gasteiger partial charge on any atom is 0.274 e. The number of thiazole rings is 1. The number of nitrogens with one attached hydrogen (secondary N) is 1. The number of fused-ring (bicyclic) bond motifs is 2. The molecule has 0 aliphatic rings. The molecule has 0 unspecified atom stereocenters. The normalized spacial score (nSPS) is 11.7. The van der Waals surface area contributed by atoms with E-state index in [1.165, 1.54) is 23.5 Å². The number of anilines is 1. The predicted octanol–water partition coefficient (Wildman–Crippen LogP) is 5.28. The highest BCUT2D eigenvalue weighted by molar-refractivity contribution is 7.22. The minimum absolute atomic E-state index is 0.169. The maximum absolute atomic E-state index is 13.3. The molecule has 24 heavy (non-hydrogen) atoms. The molecule has 0 saturated carbocycles. The van der Waals surface area contributed by atoms with Gasteiger partial charge in [0.25, 0.3) is 5.91 Å². The van der Waals surface area contributed by atoms with E-state index in [2.05, 4.69) is 10.3 Å². The lowest BCUT2D eigenvalue weighted by molar-refractivity contribution is 0.101. The summed E-state index contributed by atoms with van der Waals surface area (Å²) in [4.78, 5) is 17.1. The number of carbonyl (C=O) groups is 1. The highest BCUT2D eigenvalue weighted by Crippen LogP contribution is 2.30. The molecule has 1 amide bonds. The van der Waals surface area contributed by atoms with Crippen LogP contribution in [0.5, 0.6) is 0 Å². The lowest BCUT2D eigenvalue weighted by Gasteiger charge is -2.13. The molecular weight excluding hydrogens is 345 g/mol. The fourth-order valence-corrected chi connectivity index (χ4v) is 4.49. The Morgan fingerprint density at radius 1 is 1.25 bits per heavy atom. The van der Waals surface area contributed by atoms with E-state index >= 15 is 0 Å². The summed E-state index contributed by atoms with van der Waals surface area (Å²) < 4.78 is 17.1. The van der Waals surface area contributed by atoms with Gasteiger partial charge in [-0.1, -0.05) is 11.3 Å². The molecule has 4 aromatic rings. The van der Waals surface area contributed by atoms with Crippen molar-refractivity contribution in [3.05, 3.63) is 47.2 Å². The van der Waals surface area contributed by atoms with E-state index in [1.807, 2.05) is 35.9 Å². The summed E-state index contributed by atoms with van der Waals surface area (Å²) in [5.74, 6) is -0.510. The van der Waals surface area contributed by atoms with Crippen LogP contribution in [0.25, 0.3) is 20.4 Å². The van der Waals surface area contributed by atoms with Gasteiger partial charge < -0.3 is 4.57 Å². The molecule has 4 nitrogen and oxygen atoms in total. The van der Waals surface area contributed by atoms with E-state index in [4.69, 9.17) is 0 Å². The standard InChI is InChI=1S/C17H14FN3OS2/c1-9(2)21-12-5-6-23-15(12)8-13(21)16(22)20-17-19-11-4-3-10(18)7-14(11)24-17/h3-9H,1-2H3,(H,19,20,22). The smallest absolute Gasteiger partial charge is 0.274 e. The van der Waals surface area contributed by atoms with E-state index in [-0.39, 0.29) is 17.8 Å². The Balaban J connectivity index is 1.70. The molecule has 0 aliphatic heterocycles. The second-order valence-electron chi connectivity index (χ2n) is 5.75. The molecule has 0 fully saturated rings. The fourth-order valence-electron chi connectivity index (χ4n) is 2.79. The maximum atomic E-state index is 13.3. The molecule has 0 aliphatic carbocycles. The van der Waals surface area contributed by atoms with Crippen molar-refractivity contribution in [2.45, 2.75) is 19.9 Å². The molecule has 0 radical (unpaired) electrons. The van der Waals surface area contributed by atoms with Crippen LogP contribution in [0.2, 0.25) is 0 Å². The van der Waals surface area contributed by atoms with Gasteiger partial charge in [-0.15, -0.1) is 11.3 Å². The van der Waals surface area contributed by atoms with E-state index in [0.717, 1.165) is 10.2 Å². The van der Waals surface area contributed by atoms with Gasteiger partial charge in [-0.25, -0.2) is 9.37 Å². The Morgan fingerprint density at radius 3 is 2.88 bits per heavy atom. The van der Waals surface area contributed by atoms with Gasteiger partial charge in [0.2, 0.25) is 0 Å². The Kier molecular flexibility index (Phi) is 3.62. The summed E-state index contributed by atoms with van der Waals surface area (Å²) >= 11 is 2.88. The van der Waals surface area contributed by atoms with Crippen LogP contribution >= 0.6 is 22.7 Å². The van der Waals surface area contributed by atoms with Crippen molar-refractivity contribution in [1.82, 2.24) is 9.55 Å². The molecule has 3 aromatic heterocycles. The average Bonchev–Trinajstić information content (AvgIpc) is 3.18. The molecule has 1 N–H and O–H groups in total. The number of carbonyl (C=O) groups excluding carboxylic acids is 1. The van der Waals surface area contributed by atoms with E-state index in [1.54, 1.807) is 17.4 Å². The van der Waals surface area contributed by atoms with Crippen LogP contribution in [0.15, 0.2) is 35.7 Å². The minimum atomic E-state index is -0.307. The first-order valence-electron chi connectivity index (χ1n) is 7.49. The molecule has 7 heteroatoms. The topological polar surface area (TPSA) is 46.9 Å². The summed E-state index contributed by atoms with van der Waals surface area (Å²) in [5, 5.41) is 5.34. The summed E-state index contributed by atoms with van der Waals surface area (Å²) in [7, 11) is 0. The van der Waals surface area contributed by atoms with Gasteiger partial charge in [-0.3, -0.25) is 10.1 Å². The third kappa shape index (κ3) is 2.50. The molecule has 4 rings (SSSR count). The first-order chi connectivity index (χ1) is 11.5. The first-order valence-corrected chi connectivity index (χ1v) is 9.18. The number of aromatic nitrogens is 2. The van der Waals surface area contributed by atoms with E-state index in [0.29, 0.717) is 21.0 Å². The summed E-state index contributed by atoms with van der Waals surface area (Å²) in [6.07, 6.45) is 0. The summed E-state index contributed by atoms with van der Waals surface area (Å²) in [5.41, 5.74) is 2.35. The van der Waals surface area contributed by atoms with Crippen LogP contribution in [-0.4, -0.2) is 15.5 Å². The van der Waals surface area contributed by atoms with Crippen molar-refractivity contribution < 1.29 is 9.18 Å². The van der Waals surface area contributed by atoms with Crippen LogP contribution in [0.1, 0.15) is 30.4 Å². The third-order valence-electron chi connectivity index (χ3n) is 3.78. The van der Waals surface area contributed by atoms with Crippen molar-refractivity contribution in [2.75, 3.05) is 5.32 Å². The van der Waals surface area contributed by atoms with Gasteiger partial charge in [0, 0.05) is 6.04 Å². The van der Waals surface area contributed by atoms with Gasteiger partial charge in [0.05, 0.1) is 20.4 Å². The third-order valence-corrected chi connectivity index (χ3v) is 5.57. The van der Waals surface area contributed by atoms with Crippen LogP contribution in [0, 0.1) is 5.82 Å².